The summed E-state index contributed by atoms with van der Waals surface area (Å²) in [7, 11) is 1.62. The van der Waals surface area contributed by atoms with Crippen molar-refractivity contribution < 1.29 is 4.74 Å². The van der Waals surface area contributed by atoms with Crippen LogP contribution in [0.1, 0.15) is 26.6 Å². The van der Waals surface area contributed by atoms with Crippen molar-refractivity contribution in [1.82, 2.24) is 15.0 Å². The fourth-order valence-electron chi connectivity index (χ4n) is 1.49. The van der Waals surface area contributed by atoms with E-state index < -0.39 is 0 Å². The summed E-state index contributed by atoms with van der Waals surface area (Å²) in [6.07, 6.45) is 1.75. The Balaban J connectivity index is 2.80. The van der Waals surface area contributed by atoms with Crippen molar-refractivity contribution in [3.63, 3.8) is 0 Å². The number of hydrogen-bond donors (Lipinski definition) is 0. The van der Waals surface area contributed by atoms with E-state index in [0.717, 1.165) is 20.4 Å². The van der Waals surface area contributed by atoms with Crippen molar-refractivity contribution in [2.24, 2.45) is 0 Å². The van der Waals surface area contributed by atoms with Gasteiger partial charge in [-0.3, -0.25) is 0 Å². The Bertz CT molecular complexity index is 563. The SMILES string of the molecule is COc1nc(C(C)(C)C)nc2ccnc(I)c12. The molecule has 0 aliphatic carbocycles. The van der Waals surface area contributed by atoms with Gasteiger partial charge < -0.3 is 4.74 Å². The maximum Gasteiger partial charge on any atom is 0.227 e. The molecule has 0 radical (unpaired) electrons. The highest BCUT2D eigenvalue weighted by atomic mass is 127. The molecular weight excluding hydrogens is 329 g/mol. The number of aromatic nitrogens is 3. The minimum Gasteiger partial charge on any atom is -0.480 e. The number of halogens is 1. The summed E-state index contributed by atoms with van der Waals surface area (Å²) in [5, 5.41) is 0.878. The molecule has 2 heterocycles. The zero-order valence-electron chi connectivity index (χ0n) is 10.3. The number of fused-ring (bicyclic) bond motifs is 1. The first-order valence-electron chi connectivity index (χ1n) is 5.30. The Hall–Kier alpha value is -0.980. The zero-order valence-corrected chi connectivity index (χ0v) is 12.4. The maximum atomic E-state index is 5.35. The van der Waals surface area contributed by atoms with Gasteiger partial charge in [0.1, 0.15) is 9.53 Å². The molecule has 2 rings (SSSR count). The summed E-state index contributed by atoms with van der Waals surface area (Å²) in [5.74, 6) is 1.38. The van der Waals surface area contributed by atoms with E-state index >= 15 is 0 Å². The molecule has 0 aromatic carbocycles. The van der Waals surface area contributed by atoms with Gasteiger partial charge >= 0.3 is 0 Å². The van der Waals surface area contributed by atoms with Crippen molar-refractivity contribution in [2.45, 2.75) is 26.2 Å². The standard InChI is InChI=1S/C12H14IN3O/c1-12(2,3)11-15-7-5-6-14-9(13)8(7)10(16-11)17-4/h5-6H,1-4H3. The Kier molecular flexibility index (Phi) is 3.20. The lowest BCUT2D eigenvalue weighted by molar-refractivity contribution is 0.395. The Morgan fingerprint density at radius 1 is 1.24 bits per heavy atom. The van der Waals surface area contributed by atoms with E-state index in [9.17, 15) is 0 Å². The molecule has 4 nitrogen and oxygen atoms in total. The quantitative estimate of drug-likeness (QED) is 0.590. The van der Waals surface area contributed by atoms with Crippen LogP contribution in [0.4, 0.5) is 0 Å². The molecule has 0 atom stereocenters. The number of methoxy groups -OCH3 is 1. The molecule has 5 heteroatoms. The predicted octanol–water partition coefficient (Wildman–Crippen LogP) is 2.94. The van der Waals surface area contributed by atoms with E-state index in [2.05, 4.69) is 58.3 Å². The number of rotatable bonds is 1. The highest BCUT2D eigenvalue weighted by molar-refractivity contribution is 14.1. The summed E-state index contributed by atoms with van der Waals surface area (Å²) in [6.45, 7) is 6.25. The van der Waals surface area contributed by atoms with E-state index in [0.29, 0.717) is 5.88 Å². The van der Waals surface area contributed by atoms with Crippen LogP contribution in [-0.4, -0.2) is 22.1 Å². The molecule has 0 bridgehead atoms. The van der Waals surface area contributed by atoms with Gasteiger partial charge in [-0.05, 0) is 28.7 Å². The normalized spacial score (nSPS) is 11.8. The summed E-state index contributed by atoms with van der Waals surface area (Å²) < 4.78 is 6.21. The summed E-state index contributed by atoms with van der Waals surface area (Å²) in [6, 6.07) is 1.89. The molecule has 0 amide bonds. The fourth-order valence-corrected chi connectivity index (χ4v) is 2.16. The second kappa shape index (κ2) is 4.36. The van der Waals surface area contributed by atoms with Crippen molar-refractivity contribution in [3.8, 4) is 5.88 Å². The van der Waals surface area contributed by atoms with Gasteiger partial charge in [0.25, 0.3) is 0 Å². The zero-order chi connectivity index (χ0) is 12.6. The Labute approximate surface area is 114 Å². The Morgan fingerprint density at radius 3 is 2.53 bits per heavy atom. The lowest BCUT2D eigenvalue weighted by Crippen LogP contribution is -2.16. The van der Waals surface area contributed by atoms with Crippen LogP contribution in [0.15, 0.2) is 12.3 Å². The van der Waals surface area contributed by atoms with Crippen LogP contribution in [-0.2, 0) is 5.41 Å². The van der Waals surface area contributed by atoms with Crippen LogP contribution in [0.3, 0.4) is 0 Å². The van der Waals surface area contributed by atoms with Gasteiger partial charge in [-0.1, -0.05) is 20.8 Å². The number of pyridine rings is 1. The molecule has 2 aromatic heterocycles. The third-order valence-corrected chi connectivity index (χ3v) is 3.21. The summed E-state index contributed by atoms with van der Waals surface area (Å²) in [5.41, 5.74) is 0.775. The fraction of sp³-hybridized carbons (Fsp3) is 0.417. The van der Waals surface area contributed by atoms with Gasteiger partial charge in [0.2, 0.25) is 5.88 Å². The van der Waals surface area contributed by atoms with Gasteiger partial charge in [0.15, 0.2) is 0 Å². The largest absolute Gasteiger partial charge is 0.480 e. The van der Waals surface area contributed by atoms with E-state index in [1.807, 2.05) is 6.07 Å². The van der Waals surface area contributed by atoms with Gasteiger partial charge in [-0.2, -0.15) is 4.98 Å². The number of nitrogens with zero attached hydrogens (tertiary/aromatic N) is 3. The first-order valence-corrected chi connectivity index (χ1v) is 6.38. The van der Waals surface area contributed by atoms with Gasteiger partial charge in [0.05, 0.1) is 18.0 Å². The van der Waals surface area contributed by atoms with E-state index in [1.54, 1.807) is 13.3 Å². The molecule has 2 aromatic rings. The lowest BCUT2D eigenvalue weighted by atomic mass is 9.95. The van der Waals surface area contributed by atoms with Crippen LogP contribution in [0.25, 0.3) is 10.9 Å². The van der Waals surface area contributed by atoms with Gasteiger partial charge in [0, 0.05) is 11.6 Å². The molecule has 17 heavy (non-hydrogen) atoms. The molecule has 0 saturated heterocycles. The van der Waals surface area contributed by atoms with E-state index in [-0.39, 0.29) is 5.41 Å². The Morgan fingerprint density at radius 2 is 1.94 bits per heavy atom. The third kappa shape index (κ3) is 2.34. The van der Waals surface area contributed by atoms with Crippen LogP contribution in [0.5, 0.6) is 5.88 Å². The average Bonchev–Trinajstić information content (AvgIpc) is 2.26. The molecule has 0 N–H and O–H groups in total. The predicted molar refractivity (Wildman–Crippen MR) is 75.3 cm³/mol. The number of ether oxygens (including phenoxy) is 1. The topological polar surface area (TPSA) is 47.9 Å². The molecule has 0 fully saturated rings. The molecule has 0 unspecified atom stereocenters. The highest BCUT2D eigenvalue weighted by Gasteiger charge is 2.21. The highest BCUT2D eigenvalue weighted by Crippen LogP contribution is 2.29. The van der Waals surface area contributed by atoms with Crippen molar-refractivity contribution in [3.05, 3.63) is 21.8 Å². The first-order chi connectivity index (χ1) is 7.93. The molecule has 90 valence electrons. The van der Waals surface area contributed by atoms with Gasteiger partial charge in [-0.15, -0.1) is 0 Å². The molecule has 0 aliphatic rings. The summed E-state index contributed by atoms with van der Waals surface area (Å²) >= 11 is 2.17. The molecular formula is C12H14IN3O. The molecule has 0 aliphatic heterocycles. The second-order valence-electron chi connectivity index (χ2n) is 4.80. The number of hydrogen-bond acceptors (Lipinski definition) is 4. The van der Waals surface area contributed by atoms with E-state index in [1.165, 1.54) is 0 Å². The van der Waals surface area contributed by atoms with Crippen LogP contribution in [0, 0.1) is 3.70 Å². The lowest BCUT2D eigenvalue weighted by Gasteiger charge is -2.18. The maximum absolute atomic E-state index is 5.35. The van der Waals surface area contributed by atoms with E-state index in [4.69, 9.17) is 4.74 Å². The molecule has 0 spiro atoms. The summed E-state index contributed by atoms with van der Waals surface area (Å²) in [4.78, 5) is 13.3. The van der Waals surface area contributed by atoms with Crippen molar-refractivity contribution >= 4 is 33.5 Å². The molecule has 0 saturated carbocycles. The van der Waals surface area contributed by atoms with Crippen molar-refractivity contribution in [1.29, 1.82) is 0 Å². The van der Waals surface area contributed by atoms with Crippen LogP contribution < -0.4 is 4.74 Å². The third-order valence-electron chi connectivity index (χ3n) is 2.39. The van der Waals surface area contributed by atoms with Crippen LogP contribution in [0.2, 0.25) is 0 Å². The smallest absolute Gasteiger partial charge is 0.227 e. The minimum absolute atomic E-state index is 0.101. The van der Waals surface area contributed by atoms with Crippen LogP contribution >= 0.6 is 22.6 Å². The van der Waals surface area contributed by atoms with Crippen molar-refractivity contribution in [2.75, 3.05) is 7.11 Å². The minimum atomic E-state index is -0.101. The van der Waals surface area contributed by atoms with Gasteiger partial charge in [-0.25, -0.2) is 9.97 Å². The average molecular weight is 343 g/mol. The monoisotopic (exact) mass is 343 g/mol. The second-order valence-corrected chi connectivity index (χ2v) is 5.82. The first kappa shape index (κ1) is 12.5.